The third kappa shape index (κ3) is 4.66. The molecule has 0 atom stereocenters. The number of aliphatic hydroxyl groups is 2. The van der Waals surface area contributed by atoms with Crippen LogP contribution in [0.25, 0.3) is 0 Å². The topological polar surface area (TPSA) is 136 Å². The van der Waals surface area contributed by atoms with Crippen molar-refractivity contribution in [2.45, 2.75) is 24.1 Å². The molecule has 2 rings (SSSR count). The fraction of sp³-hybridized carbons (Fsp3) is 0.286. The van der Waals surface area contributed by atoms with E-state index in [0.717, 1.165) is 14.1 Å². The van der Waals surface area contributed by atoms with Gasteiger partial charge < -0.3 is 26.0 Å². The number of amides is 2. The molecule has 0 spiro atoms. The largest absolute Gasteiger partial charge is 0.478 e. The van der Waals surface area contributed by atoms with Gasteiger partial charge in [0.2, 0.25) is 5.41 Å². The van der Waals surface area contributed by atoms with E-state index in [4.69, 9.17) is 0 Å². The van der Waals surface area contributed by atoms with Gasteiger partial charge in [-0.25, -0.2) is 4.79 Å². The number of rotatable bonds is 6. The standard InChI is InChI=1S/C21H18F6N2O6/c1-28-15(30)13-7-9(3-5-11(13)17(32)33)19(20(22,23)24,21(25,26)27)10-4-6-12(18(34)35)14(8-10)16(31)29-2/h3-8,17,32-33H,1-2H3,(H,28,30)(H,29,31)(H,34,35). The van der Waals surface area contributed by atoms with Crippen LogP contribution < -0.4 is 10.6 Å². The van der Waals surface area contributed by atoms with Crippen molar-refractivity contribution in [2.75, 3.05) is 14.1 Å². The zero-order chi connectivity index (χ0) is 26.9. The zero-order valence-corrected chi connectivity index (χ0v) is 17.9. The molecule has 2 aromatic carbocycles. The van der Waals surface area contributed by atoms with E-state index in [9.17, 15) is 56.0 Å². The number of alkyl halides is 6. The number of aliphatic hydroxyl groups excluding tert-OH is 1. The molecule has 0 aliphatic carbocycles. The van der Waals surface area contributed by atoms with Crippen molar-refractivity contribution in [3.63, 3.8) is 0 Å². The van der Waals surface area contributed by atoms with Gasteiger partial charge in [0.25, 0.3) is 11.8 Å². The summed E-state index contributed by atoms with van der Waals surface area (Å²) < 4.78 is 86.7. The van der Waals surface area contributed by atoms with Crippen LogP contribution in [-0.2, 0) is 5.41 Å². The van der Waals surface area contributed by atoms with E-state index in [1.54, 1.807) is 0 Å². The van der Waals surface area contributed by atoms with Gasteiger partial charge in [0.1, 0.15) is 0 Å². The third-order valence-electron chi connectivity index (χ3n) is 5.24. The number of carboxylic acids is 1. The summed E-state index contributed by atoms with van der Waals surface area (Å²) in [5.41, 5.74) is -11.3. The molecular formula is C21H18F6N2O6. The lowest BCUT2D eigenvalue weighted by Crippen LogP contribution is -2.55. The number of nitrogens with one attached hydrogen (secondary N) is 2. The molecule has 2 aromatic rings. The van der Waals surface area contributed by atoms with Gasteiger partial charge in [-0.1, -0.05) is 18.2 Å². The number of hydrogen-bond acceptors (Lipinski definition) is 5. The number of halogens is 6. The molecule has 0 bridgehead atoms. The zero-order valence-electron chi connectivity index (χ0n) is 17.9. The smallest absolute Gasteiger partial charge is 0.411 e. The van der Waals surface area contributed by atoms with E-state index >= 15 is 0 Å². The highest BCUT2D eigenvalue weighted by molar-refractivity contribution is 6.05. The summed E-state index contributed by atoms with van der Waals surface area (Å²) in [6.07, 6.45) is -14.7. The Morgan fingerprint density at radius 2 is 1.17 bits per heavy atom. The number of carbonyl (C=O) groups is 3. The highest BCUT2D eigenvalue weighted by atomic mass is 19.4. The fourth-order valence-corrected chi connectivity index (χ4v) is 3.61. The molecule has 0 saturated heterocycles. The van der Waals surface area contributed by atoms with E-state index in [1.165, 1.54) is 0 Å². The van der Waals surface area contributed by atoms with Gasteiger partial charge in [-0.3, -0.25) is 9.59 Å². The van der Waals surface area contributed by atoms with Crippen LogP contribution in [-0.4, -0.2) is 59.6 Å². The third-order valence-corrected chi connectivity index (χ3v) is 5.24. The molecule has 35 heavy (non-hydrogen) atoms. The van der Waals surface area contributed by atoms with Crippen molar-refractivity contribution in [3.05, 3.63) is 69.8 Å². The van der Waals surface area contributed by atoms with Crippen LogP contribution >= 0.6 is 0 Å². The Labute approximate surface area is 193 Å². The number of hydrogen-bond donors (Lipinski definition) is 5. The first-order valence-electron chi connectivity index (χ1n) is 9.50. The summed E-state index contributed by atoms with van der Waals surface area (Å²) in [7, 11) is 2.01. The molecule has 0 unspecified atom stereocenters. The van der Waals surface area contributed by atoms with E-state index < -0.39 is 75.2 Å². The minimum absolute atomic E-state index is 0.164. The molecular weight excluding hydrogens is 490 g/mol. The summed E-state index contributed by atoms with van der Waals surface area (Å²) >= 11 is 0. The molecule has 0 heterocycles. The molecule has 5 N–H and O–H groups in total. The predicted molar refractivity (Wildman–Crippen MR) is 107 cm³/mol. The average Bonchev–Trinajstić information content (AvgIpc) is 2.75. The second-order valence-corrected chi connectivity index (χ2v) is 7.14. The maximum Gasteiger partial charge on any atom is 0.411 e. The van der Waals surface area contributed by atoms with Gasteiger partial charge in [0.05, 0.1) is 11.1 Å². The number of benzene rings is 2. The number of aromatic carboxylic acids is 1. The van der Waals surface area contributed by atoms with Crippen LogP contribution in [0.3, 0.4) is 0 Å². The lowest BCUT2D eigenvalue weighted by molar-refractivity contribution is -0.288. The maximum absolute atomic E-state index is 14.5. The first-order valence-corrected chi connectivity index (χ1v) is 9.50. The fourth-order valence-electron chi connectivity index (χ4n) is 3.61. The molecule has 14 heteroatoms. The SMILES string of the molecule is CNC(=O)c1cc(C(c2ccc(C(O)O)c(C(=O)NC)c2)(C(F)(F)F)C(F)(F)F)ccc1C(=O)O. The van der Waals surface area contributed by atoms with Gasteiger partial charge >= 0.3 is 18.3 Å². The van der Waals surface area contributed by atoms with E-state index in [0.29, 0.717) is 18.2 Å². The van der Waals surface area contributed by atoms with Crippen molar-refractivity contribution >= 4 is 17.8 Å². The first-order chi connectivity index (χ1) is 16.0. The van der Waals surface area contributed by atoms with Crippen LogP contribution in [0, 0.1) is 0 Å². The molecule has 0 radical (unpaired) electrons. The maximum atomic E-state index is 14.5. The summed E-state index contributed by atoms with van der Waals surface area (Å²) in [5.74, 6) is -4.24. The molecule has 0 aliphatic rings. The number of carboxylic acid groups (broad SMARTS) is 1. The molecule has 0 saturated carbocycles. The molecule has 2 amide bonds. The Hall–Kier alpha value is -3.65. The van der Waals surface area contributed by atoms with E-state index in [-0.39, 0.29) is 18.2 Å². The highest BCUT2D eigenvalue weighted by Crippen LogP contribution is 2.56. The van der Waals surface area contributed by atoms with Crippen molar-refractivity contribution in [1.29, 1.82) is 0 Å². The first kappa shape index (κ1) is 27.6. The van der Waals surface area contributed by atoms with Crippen LogP contribution in [0.2, 0.25) is 0 Å². The predicted octanol–water partition coefficient (Wildman–Crippen LogP) is 2.50. The van der Waals surface area contributed by atoms with Crippen molar-refractivity contribution in [1.82, 2.24) is 10.6 Å². The molecule has 8 nitrogen and oxygen atoms in total. The lowest BCUT2D eigenvalue weighted by atomic mass is 9.71. The molecule has 190 valence electrons. The van der Waals surface area contributed by atoms with Gasteiger partial charge in [-0.05, 0) is 29.3 Å². The minimum atomic E-state index is -6.13. The Kier molecular flexibility index (Phi) is 7.52. The van der Waals surface area contributed by atoms with Crippen molar-refractivity contribution in [2.24, 2.45) is 0 Å². The van der Waals surface area contributed by atoms with Gasteiger partial charge in [0, 0.05) is 25.2 Å². The molecule has 0 aliphatic heterocycles. The Morgan fingerprint density at radius 1 is 0.743 bits per heavy atom. The summed E-state index contributed by atoms with van der Waals surface area (Å²) in [4.78, 5) is 35.7. The normalized spacial score (nSPS) is 12.4. The Balaban J connectivity index is 3.09. The summed E-state index contributed by atoms with van der Waals surface area (Å²) in [6.45, 7) is 0. The van der Waals surface area contributed by atoms with Crippen molar-refractivity contribution < 1.29 is 56.0 Å². The van der Waals surface area contributed by atoms with Crippen LogP contribution in [0.15, 0.2) is 36.4 Å². The van der Waals surface area contributed by atoms with Crippen LogP contribution in [0.1, 0.15) is 54.1 Å². The summed E-state index contributed by atoms with van der Waals surface area (Å²) in [6, 6.07) is 1.90. The van der Waals surface area contributed by atoms with Crippen LogP contribution in [0.4, 0.5) is 26.3 Å². The van der Waals surface area contributed by atoms with Crippen molar-refractivity contribution in [3.8, 4) is 0 Å². The van der Waals surface area contributed by atoms with Gasteiger partial charge in [-0.15, -0.1) is 0 Å². The van der Waals surface area contributed by atoms with Gasteiger partial charge in [0.15, 0.2) is 6.29 Å². The van der Waals surface area contributed by atoms with Crippen LogP contribution in [0.5, 0.6) is 0 Å². The Morgan fingerprint density at radius 3 is 1.57 bits per heavy atom. The lowest BCUT2D eigenvalue weighted by Gasteiger charge is -2.39. The van der Waals surface area contributed by atoms with E-state index in [1.807, 2.05) is 10.6 Å². The van der Waals surface area contributed by atoms with Gasteiger partial charge in [-0.2, -0.15) is 26.3 Å². The monoisotopic (exact) mass is 508 g/mol. The molecule has 0 aromatic heterocycles. The van der Waals surface area contributed by atoms with E-state index in [2.05, 4.69) is 0 Å². The average molecular weight is 508 g/mol. The Bertz CT molecular complexity index is 1150. The second-order valence-electron chi connectivity index (χ2n) is 7.14. The minimum Gasteiger partial charge on any atom is -0.478 e. The molecule has 0 fully saturated rings. The summed E-state index contributed by atoms with van der Waals surface area (Å²) in [5, 5.41) is 32.0. The quantitative estimate of drug-likeness (QED) is 0.301. The highest BCUT2D eigenvalue weighted by Gasteiger charge is 2.72. The second kappa shape index (κ2) is 9.54. The number of carbonyl (C=O) groups excluding carboxylic acids is 2.